The van der Waals surface area contributed by atoms with Crippen LogP contribution in [0.5, 0.6) is 11.5 Å². The van der Waals surface area contributed by atoms with E-state index in [4.69, 9.17) is 15.6 Å². The number of hydrogen-bond donors (Lipinski definition) is 2. The Morgan fingerprint density at radius 1 is 1.10 bits per heavy atom. The van der Waals surface area contributed by atoms with Gasteiger partial charge < -0.3 is 15.6 Å². The number of carboxylic acids is 1. The summed E-state index contributed by atoms with van der Waals surface area (Å²) in [4.78, 5) is 10.8. The Hall–Kier alpha value is -2.70. The van der Waals surface area contributed by atoms with Gasteiger partial charge in [-0.25, -0.2) is 4.79 Å². The SMILES string of the molecule is Nc1cc(C(=O)O)ccc1Oc1ccc(C(F)(F)F)cc1. The number of alkyl halides is 3. The molecule has 2 rings (SSSR count). The van der Waals surface area contributed by atoms with Gasteiger partial charge in [-0.15, -0.1) is 0 Å². The van der Waals surface area contributed by atoms with Crippen molar-refractivity contribution in [2.24, 2.45) is 0 Å². The van der Waals surface area contributed by atoms with Crippen LogP contribution in [0.15, 0.2) is 42.5 Å². The molecule has 0 saturated carbocycles. The molecule has 0 amide bonds. The molecule has 2 aromatic carbocycles. The number of anilines is 1. The molecule has 0 aliphatic carbocycles. The molecule has 0 saturated heterocycles. The Labute approximate surface area is 117 Å². The van der Waals surface area contributed by atoms with E-state index in [0.717, 1.165) is 24.3 Å². The van der Waals surface area contributed by atoms with Gasteiger partial charge in [0.25, 0.3) is 0 Å². The van der Waals surface area contributed by atoms with Crippen molar-refractivity contribution in [3.05, 3.63) is 53.6 Å². The van der Waals surface area contributed by atoms with Crippen molar-refractivity contribution in [2.75, 3.05) is 5.73 Å². The number of carboxylic acid groups (broad SMARTS) is 1. The largest absolute Gasteiger partial charge is 0.478 e. The van der Waals surface area contributed by atoms with Crippen molar-refractivity contribution in [3.8, 4) is 11.5 Å². The number of carbonyl (C=O) groups is 1. The normalized spacial score (nSPS) is 11.2. The lowest BCUT2D eigenvalue weighted by Gasteiger charge is -2.10. The molecule has 3 N–H and O–H groups in total. The van der Waals surface area contributed by atoms with E-state index in [1.165, 1.54) is 18.2 Å². The standard InChI is InChI=1S/C14H10F3NO3/c15-14(16,17)9-2-4-10(5-3-9)21-12-6-1-8(13(19)20)7-11(12)18/h1-7H,18H2,(H,19,20). The Morgan fingerprint density at radius 2 is 1.71 bits per heavy atom. The first-order chi connectivity index (χ1) is 9.77. The van der Waals surface area contributed by atoms with E-state index in [1.54, 1.807) is 0 Å². The van der Waals surface area contributed by atoms with Crippen LogP contribution in [0.2, 0.25) is 0 Å². The lowest BCUT2D eigenvalue weighted by atomic mass is 10.2. The van der Waals surface area contributed by atoms with E-state index in [0.29, 0.717) is 0 Å². The third-order valence-electron chi connectivity index (χ3n) is 2.67. The number of hydrogen-bond acceptors (Lipinski definition) is 3. The highest BCUT2D eigenvalue weighted by atomic mass is 19.4. The Morgan fingerprint density at radius 3 is 2.19 bits per heavy atom. The average Bonchev–Trinajstić information content (AvgIpc) is 2.40. The molecule has 110 valence electrons. The maximum absolute atomic E-state index is 12.4. The van der Waals surface area contributed by atoms with E-state index in [1.807, 2.05) is 0 Å². The summed E-state index contributed by atoms with van der Waals surface area (Å²) < 4.78 is 42.6. The maximum atomic E-state index is 12.4. The fourth-order valence-electron chi connectivity index (χ4n) is 1.61. The quantitative estimate of drug-likeness (QED) is 0.846. The summed E-state index contributed by atoms with van der Waals surface area (Å²) in [6.07, 6.45) is -4.42. The van der Waals surface area contributed by atoms with Crippen molar-refractivity contribution in [3.63, 3.8) is 0 Å². The number of benzene rings is 2. The van der Waals surface area contributed by atoms with E-state index in [-0.39, 0.29) is 22.7 Å². The second kappa shape index (κ2) is 5.35. The molecule has 0 aliphatic rings. The fourth-order valence-corrected chi connectivity index (χ4v) is 1.61. The van der Waals surface area contributed by atoms with Crippen molar-refractivity contribution in [2.45, 2.75) is 6.18 Å². The number of aromatic carboxylic acids is 1. The summed E-state index contributed by atoms with van der Waals surface area (Å²) in [5, 5.41) is 8.79. The fraction of sp³-hybridized carbons (Fsp3) is 0.0714. The molecule has 0 aromatic heterocycles. The van der Waals surface area contributed by atoms with Gasteiger partial charge in [0.1, 0.15) is 11.5 Å². The third-order valence-corrected chi connectivity index (χ3v) is 2.67. The monoisotopic (exact) mass is 297 g/mol. The minimum absolute atomic E-state index is 0.00716. The van der Waals surface area contributed by atoms with Crippen LogP contribution in [-0.2, 0) is 6.18 Å². The number of nitrogens with two attached hydrogens (primary N) is 1. The summed E-state index contributed by atoms with van der Waals surface area (Å²) in [5.41, 5.74) is 4.92. The first kappa shape index (κ1) is 14.7. The topological polar surface area (TPSA) is 72.6 Å². The van der Waals surface area contributed by atoms with Crippen molar-refractivity contribution >= 4 is 11.7 Å². The van der Waals surface area contributed by atoms with Crippen LogP contribution in [0.4, 0.5) is 18.9 Å². The first-order valence-electron chi connectivity index (χ1n) is 5.75. The lowest BCUT2D eigenvalue weighted by Crippen LogP contribution is -2.04. The molecule has 0 heterocycles. The van der Waals surface area contributed by atoms with Crippen molar-refractivity contribution in [1.29, 1.82) is 0 Å². The third kappa shape index (κ3) is 3.44. The molecule has 0 radical (unpaired) electrons. The van der Waals surface area contributed by atoms with Crippen molar-refractivity contribution < 1.29 is 27.8 Å². The smallest absolute Gasteiger partial charge is 0.416 e. The predicted octanol–water partition coefficient (Wildman–Crippen LogP) is 3.78. The van der Waals surface area contributed by atoms with Gasteiger partial charge in [0.15, 0.2) is 0 Å². The van der Waals surface area contributed by atoms with Gasteiger partial charge in [-0.1, -0.05) is 0 Å². The van der Waals surface area contributed by atoms with Crippen LogP contribution >= 0.6 is 0 Å². The number of rotatable bonds is 3. The van der Waals surface area contributed by atoms with Crippen LogP contribution in [0.1, 0.15) is 15.9 Å². The van der Waals surface area contributed by atoms with Crippen LogP contribution in [-0.4, -0.2) is 11.1 Å². The second-order valence-corrected chi connectivity index (χ2v) is 4.18. The molecule has 0 spiro atoms. The minimum atomic E-state index is -4.42. The molecule has 0 aliphatic heterocycles. The molecular weight excluding hydrogens is 287 g/mol. The van der Waals surface area contributed by atoms with Crippen LogP contribution in [0.25, 0.3) is 0 Å². The summed E-state index contributed by atoms with van der Waals surface area (Å²) in [6, 6.07) is 7.94. The van der Waals surface area contributed by atoms with Gasteiger partial charge in [0.05, 0.1) is 16.8 Å². The first-order valence-corrected chi connectivity index (χ1v) is 5.75. The average molecular weight is 297 g/mol. The van der Waals surface area contributed by atoms with Gasteiger partial charge in [-0.05, 0) is 42.5 Å². The zero-order valence-corrected chi connectivity index (χ0v) is 10.5. The molecule has 4 nitrogen and oxygen atoms in total. The van der Waals surface area contributed by atoms with E-state index in [9.17, 15) is 18.0 Å². The highest BCUT2D eigenvalue weighted by Crippen LogP contribution is 2.32. The number of ether oxygens (including phenoxy) is 1. The van der Waals surface area contributed by atoms with Gasteiger partial charge in [0, 0.05) is 0 Å². The summed E-state index contributed by atoms with van der Waals surface area (Å²) in [6.45, 7) is 0. The predicted molar refractivity (Wildman–Crippen MR) is 69.3 cm³/mol. The lowest BCUT2D eigenvalue weighted by molar-refractivity contribution is -0.137. The summed E-state index contributed by atoms with van der Waals surface area (Å²) >= 11 is 0. The molecule has 0 unspecified atom stereocenters. The Kier molecular flexibility index (Phi) is 3.75. The number of halogens is 3. The molecule has 0 atom stereocenters. The van der Waals surface area contributed by atoms with Gasteiger partial charge in [-0.2, -0.15) is 13.2 Å². The Bertz CT molecular complexity index is 666. The van der Waals surface area contributed by atoms with E-state index >= 15 is 0 Å². The molecule has 2 aromatic rings. The molecule has 21 heavy (non-hydrogen) atoms. The zero-order valence-electron chi connectivity index (χ0n) is 10.5. The maximum Gasteiger partial charge on any atom is 0.416 e. The van der Waals surface area contributed by atoms with Gasteiger partial charge in [-0.3, -0.25) is 0 Å². The molecular formula is C14H10F3NO3. The Balaban J connectivity index is 2.20. The molecule has 0 fully saturated rings. The molecule has 7 heteroatoms. The van der Waals surface area contributed by atoms with E-state index in [2.05, 4.69) is 0 Å². The van der Waals surface area contributed by atoms with Crippen LogP contribution < -0.4 is 10.5 Å². The minimum Gasteiger partial charge on any atom is -0.478 e. The van der Waals surface area contributed by atoms with Crippen molar-refractivity contribution in [1.82, 2.24) is 0 Å². The second-order valence-electron chi connectivity index (χ2n) is 4.18. The zero-order chi connectivity index (χ0) is 15.6. The highest BCUT2D eigenvalue weighted by Gasteiger charge is 2.30. The summed E-state index contributed by atoms with van der Waals surface area (Å²) in [5.74, 6) is -0.805. The number of nitrogen functional groups attached to an aromatic ring is 1. The molecule has 0 bridgehead atoms. The van der Waals surface area contributed by atoms with E-state index < -0.39 is 17.7 Å². The highest BCUT2D eigenvalue weighted by molar-refractivity contribution is 5.89. The van der Waals surface area contributed by atoms with Gasteiger partial charge in [0.2, 0.25) is 0 Å². The van der Waals surface area contributed by atoms with Crippen LogP contribution in [0, 0.1) is 0 Å². The summed E-state index contributed by atoms with van der Waals surface area (Å²) in [7, 11) is 0. The van der Waals surface area contributed by atoms with Gasteiger partial charge >= 0.3 is 12.1 Å². The van der Waals surface area contributed by atoms with Crippen LogP contribution in [0.3, 0.4) is 0 Å².